The summed E-state index contributed by atoms with van der Waals surface area (Å²) in [5.41, 5.74) is 4.66. The van der Waals surface area contributed by atoms with Crippen LogP contribution in [0.5, 0.6) is 0 Å². The summed E-state index contributed by atoms with van der Waals surface area (Å²) >= 11 is 0. The van der Waals surface area contributed by atoms with E-state index in [9.17, 15) is 14.7 Å². The highest BCUT2D eigenvalue weighted by Crippen LogP contribution is 2.25. The van der Waals surface area contributed by atoms with Crippen LogP contribution in [-0.2, 0) is 9.53 Å². The molecule has 0 radical (unpaired) electrons. The Morgan fingerprint density at radius 1 is 0.943 bits per heavy atom. The van der Waals surface area contributed by atoms with Gasteiger partial charge in [0.2, 0.25) is 0 Å². The standard InChI is InChI=1S/C24H32N6O5/c1-17(31)22(23(32)27-34)26-24(33)30-10-8-28(9-11-30)20-5-2-18(3-6-20)19-4-7-21(25-16-19)29-12-14-35-15-13-29/h2-7,16-17,22,31,34H,8-15H2,1H3,(H,26,33)(H,27,32)/t17-,22+/m0/s1. The number of carbonyl (C=O) groups excluding carboxylic acids is 2. The number of urea groups is 1. The van der Waals surface area contributed by atoms with Gasteiger partial charge in [-0.1, -0.05) is 12.1 Å². The minimum absolute atomic E-state index is 0.456. The molecule has 0 saturated carbocycles. The molecule has 1 aromatic carbocycles. The topological polar surface area (TPSA) is 130 Å². The quantitative estimate of drug-likeness (QED) is 0.348. The molecular weight excluding hydrogens is 452 g/mol. The lowest BCUT2D eigenvalue weighted by Gasteiger charge is -2.36. The molecule has 0 aliphatic carbocycles. The smallest absolute Gasteiger partial charge is 0.318 e. The van der Waals surface area contributed by atoms with Crippen molar-refractivity contribution in [1.29, 1.82) is 0 Å². The third kappa shape index (κ3) is 5.99. The lowest BCUT2D eigenvalue weighted by Crippen LogP contribution is -2.58. The van der Waals surface area contributed by atoms with Gasteiger partial charge in [0.25, 0.3) is 5.91 Å². The maximum absolute atomic E-state index is 12.5. The predicted octanol–water partition coefficient (Wildman–Crippen LogP) is 0.672. The number of rotatable bonds is 6. The molecule has 3 heterocycles. The van der Waals surface area contributed by atoms with E-state index in [1.54, 1.807) is 4.90 Å². The molecule has 4 rings (SSSR count). The number of aromatic nitrogens is 1. The number of morpholine rings is 1. The number of pyridine rings is 1. The van der Waals surface area contributed by atoms with Gasteiger partial charge in [0, 0.05) is 56.7 Å². The molecule has 11 nitrogen and oxygen atoms in total. The Labute approximate surface area is 204 Å². The van der Waals surface area contributed by atoms with Gasteiger partial charge in [0.1, 0.15) is 11.9 Å². The van der Waals surface area contributed by atoms with Gasteiger partial charge in [0.05, 0.1) is 19.3 Å². The number of amides is 3. The maximum Gasteiger partial charge on any atom is 0.318 e. The minimum atomic E-state index is -1.23. The molecule has 35 heavy (non-hydrogen) atoms. The molecule has 188 valence electrons. The number of aliphatic hydroxyl groups excluding tert-OH is 1. The molecule has 11 heteroatoms. The Balaban J connectivity index is 1.31. The fourth-order valence-corrected chi connectivity index (χ4v) is 4.27. The molecule has 2 fully saturated rings. The molecule has 0 bridgehead atoms. The van der Waals surface area contributed by atoms with Gasteiger partial charge < -0.3 is 29.9 Å². The largest absolute Gasteiger partial charge is 0.391 e. The third-order valence-electron chi connectivity index (χ3n) is 6.37. The van der Waals surface area contributed by atoms with E-state index in [1.807, 2.05) is 12.3 Å². The highest BCUT2D eigenvalue weighted by atomic mass is 16.5. The second-order valence-electron chi connectivity index (χ2n) is 8.67. The summed E-state index contributed by atoms with van der Waals surface area (Å²) in [4.78, 5) is 34.8. The molecule has 2 aliphatic heterocycles. The van der Waals surface area contributed by atoms with E-state index in [-0.39, 0.29) is 0 Å². The lowest BCUT2D eigenvalue weighted by molar-refractivity contribution is -0.133. The number of hydrogen-bond donors (Lipinski definition) is 4. The zero-order valence-corrected chi connectivity index (χ0v) is 19.8. The van der Waals surface area contributed by atoms with Gasteiger partial charge >= 0.3 is 6.03 Å². The fraction of sp³-hybridized carbons (Fsp3) is 0.458. The van der Waals surface area contributed by atoms with Crippen molar-refractivity contribution in [2.24, 2.45) is 0 Å². The summed E-state index contributed by atoms with van der Waals surface area (Å²) in [6, 6.07) is 10.7. The number of hydrogen-bond acceptors (Lipinski definition) is 8. The van der Waals surface area contributed by atoms with Crippen LogP contribution in [0.25, 0.3) is 11.1 Å². The van der Waals surface area contributed by atoms with Crippen LogP contribution < -0.4 is 20.6 Å². The molecule has 0 spiro atoms. The first-order valence-electron chi connectivity index (χ1n) is 11.8. The van der Waals surface area contributed by atoms with Gasteiger partial charge in [-0.15, -0.1) is 0 Å². The van der Waals surface area contributed by atoms with E-state index in [4.69, 9.17) is 9.94 Å². The second-order valence-corrected chi connectivity index (χ2v) is 8.67. The number of anilines is 2. The molecule has 1 aromatic heterocycles. The van der Waals surface area contributed by atoms with Crippen molar-refractivity contribution in [3.8, 4) is 11.1 Å². The normalized spacial score (nSPS) is 18.1. The van der Waals surface area contributed by atoms with E-state index >= 15 is 0 Å². The van der Waals surface area contributed by atoms with Crippen LogP contribution in [0.1, 0.15) is 6.92 Å². The van der Waals surface area contributed by atoms with Crippen molar-refractivity contribution in [3.05, 3.63) is 42.6 Å². The van der Waals surface area contributed by atoms with E-state index < -0.39 is 24.1 Å². The Morgan fingerprint density at radius 2 is 1.60 bits per heavy atom. The highest BCUT2D eigenvalue weighted by molar-refractivity contribution is 5.87. The average molecular weight is 485 g/mol. The highest BCUT2D eigenvalue weighted by Gasteiger charge is 2.29. The van der Waals surface area contributed by atoms with Crippen LogP contribution in [0.15, 0.2) is 42.6 Å². The molecular formula is C24H32N6O5. The average Bonchev–Trinajstić information content (AvgIpc) is 2.92. The van der Waals surface area contributed by atoms with Gasteiger partial charge in [-0.25, -0.2) is 15.3 Å². The van der Waals surface area contributed by atoms with Gasteiger partial charge in [-0.3, -0.25) is 10.0 Å². The van der Waals surface area contributed by atoms with E-state index in [2.05, 4.69) is 50.4 Å². The summed E-state index contributed by atoms with van der Waals surface area (Å²) in [6.45, 7) is 6.74. The number of nitrogens with one attached hydrogen (secondary N) is 2. The molecule has 2 aromatic rings. The summed E-state index contributed by atoms with van der Waals surface area (Å²) in [7, 11) is 0. The number of hydroxylamine groups is 1. The van der Waals surface area contributed by atoms with Gasteiger partial charge in [0.15, 0.2) is 0 Å². The van der Waals surface area contributed by atoms with Crippen molar-refractivity contribution in [2.75, 3.05) is 62.3 Å². The number of piperazine rings is 1. The molecule has 0 unspecified atom stereocenters. The van der Waals surface area contributed by atoms with Gasteiger partial charge in [-0.05, 0) is 36.8 Å². The number of carbonyl (C=O) groups is 2. The molecule has 2 saturated heterocycles. The van der Waals surface area contributed by atoms with Crippen molar-refractivity contribution < 1.29 is 24.6 Å². The zero-order chi connectivity index (χ0) is 24.8. The lowest BCUT2D eigenvalue weighted by atomic mass is 10.1. The molecule has 2 atom stereocenters. The molecule has 2 aliphatic rings. The number of nitrogens with zero attached hydrogens (tertiary/aromatic N) is 4. The zero-order valence-electron chi connectivity index (χ0n) is 19.8. The molecule has 3 amide bonds. The first kappa shape index (κ1) is 24.7. The second kappa shape index (κ2) is 11.3. The van der Waals surface area contributed by atoms with Crippen molar-refractivity contribution in [1.82, 2.24) is 20.7 Å². The number of aliphatic hydroxyl groups is 1. The minimum Gasteiger partial charge on any atom is -0.391 e. The van der Waals surface area contributed by atoms with Gasteiger partial charge in [-0.2, -0.15) is 0 Å². The van der Waals surface area contributed by atoms with Crippen LogP contribution in [0, 0.1) is 0 Å². The van der Waals surface area contributed by atoms with Crippen molar-refractivity contribution in [3.63, 3.8) is 0 Å². The van der Waals surface area contributed by atoms with E-state index in [1.165, 1.54) is 12.4 Å². The maximum atomic E-state index is 12.5. The predicted molar refractivity (Wildman–Crippen MR) is 130 cm³/mol. The Bertz CT molecular complexity index is 986. The van der Waals surface area contributed by atoms with E-state index in [0.29, 0.717) is 26.2 Å². The first-order chi connectivity index (χ1) is 17.0. The SMILES string of the molecule is C[C@H](O)[C@@H](NC(=O)N1CCN(c2ccc(-c3ccc(N4CCOCC4)nc3)cc2)CC1)C(=O)NO. The van der Waals surface area contributed by atoms with Crippen LogP contribution in [-0.4, -0.2) is 96.8 Å². The van der Waals surface area contributed by atoms with Crippen LogP contribution in [0.2, 0.25) is 0 Å². The Morgan fingerprint density at radius 3 is 2.17 bits per heavy atom. The Kier molecular flexibility index (Phi) is 8.01. The van der Waals surface area contributed by atoms with E-state index in [0.717, 1.165) is 48.9 Å². The van der Waals surface area contributed by atoms with Crippen molar-refractivity contribution >= 4 is 23.4 Å². The summed E-state index contributed by atoms with van der Waals surface area (Å²) in [5.74, 6) is 0.102. The number of benzene rings is 1. The monoisotopic (exact) mass is 484 g/mol. The summed E-state index contributed by atoms with van der Waals surface area (Å²) in [6.07, 6.45) is 0.756. The summed E-state index contributed by atoms with van der Waals surface area (Å²) < 4.78 is 5.40. The fourth-order valence-electron chi connectivity index (χ4n) is 4.27. The van der Waals surface area contributed by atoms with Crippen LogP contribution in [0.4, 0.5) is 16.3 Å². The Hall–Kier alpha value is -3.41. The van der Waals surface area contributed by atoms with Crippen LogP contribution in [0.3, 0.4) is 0 Å². The molecule has 4 N–H and O–H groups in total. The number of ether oxygens (including phenoxy) is 1. The summed E-state index contributed by atoms with van der Waals surface area (Å²) in [5, 5.41) is 21.0. The first-order valence-corrected chi connectivity index (χ1v) is 11.8. The third-order valence-corrected chi connectivity index (χ3v) is 6.37. The van der Waals surface area contributed by atoms with Crippen LogP contribution >= 0.6 is 0 Å². The van der Waals surface area contributed by atoms with Crippen molar-refractivity contribution in [2.45, 2.75) is 19.1 Å².